The normalized spacial score (nSPS) is 9.78. The van der Waals surface area contributed by atoms with Gasteiger partial charge in [0, 0.05) is 5.56 Å². The van der Waals surface area contributed by atoms with E-state index in [1.165, 1.54) is 28.3 Å². The maximum absolute atomic E-state index is 10.6. The fourth-order valence-corrected chi connectivity index (χ4v) is 1.60. The van der Waals surface area contributed by atoms with Gasteiger partial charge in [-0.25, -0.2) is 4.79 Å². The summed E-state index contributed by atoms with van der Waals surface area (Å²) in [5.74, 6) is -0.389. The van der Waals surface area contributed by atoms with E-state index in [2.05, 4.69) is 4.74 Å². The van der Waals surface area contributed by atoms with Gasteiger partial charge in [0.05, 0.1) is 21.3 Å². The van der Waals surface area contributed by atoms with Crippen LogP contribution in [0.5, 0.6) is 28.7 Å². The molecule has 0 bridgehead atoms. The Balaban J connectivity index is 3.58. The Hall–Kier alpha value is -2.31. The molecule has 0 aromatic heterocycles. The van der Waals surface area contributed by atoms with Gasteiger partial charge < -0.3 is 29.2 Å². The Morgan fingerprint density at radius 3 is 1.83 bits per heavy atom. The van der Waals surface area contributed by atoms with Crippen molar-refractivity contribution >= 4 is 6.16 Å². The average Bonchev–Trinajstić information content (AvgIpc) is 2.33. The number of hydrogen-bond donors (Lipinski definition) is 2. The second kappa shape index (κ2) is 5.35. The standard InChI is InChI=1S/C11H14O7/c1-5-7(18-11(13)14)6(12)9(16-3)10(17-4)8(5)15-2/h12H,1-4H3,(H,13,14). The van der Waals surface area contributed by atoms with Gasteiger partial charge in [0.1, 0.15) is 0 Å². The molecule has 18 heavy (non-hydrogen) atoms. The number of phenols is 1. The Kier molecular flexibility index (Phi) is 4.09. The van der Waals surface area contributed by atoms with Gasteiger partial charge in [0.15, 0.2) is 11.5 Å². The molecule has 7 nitrogen and oxygen atoms in total. The highest BCUT2D eigenvalue weighted by molar-refractivity contribution is 5.73. The summed E-state index contributed by atoms with van der Waals surface area (Å²) in [6, 6.07) is 0. The molecular formula is C11H14O7. The molecule has 0 saturated carbocycles. The molecule has 0 aliphatic rings. The number of rotatable bonds is 4. The van der Waals surface area contributed by atoms with Crippen molar-refractivity contribution in [2.75, 3.05) is 21.3 Å². The Bertz CT molecular complexity index is 436. The van der Waals surface area contributed by atoms with Crippen LogP contribution in [0.2, 0.25) is 0 Å². The highest BCUT2D eigenvalue weighted by Gasteiger charge is 2.26. The third kappa shape index (κ3) is 2.20. The maximum Gasteiger partial charge on any atom is 0.511 e. The van der Waals surface area contributed by atoms with E-state index < -0.39 is 11.9 Å². The van der Waals surface area contributed by atoms with E-state index in [0.29, 0.717) is 0 Å². The summed E-state index contributed by atoms with van der Waals surface area (Å²) in [7, 11) is 4.06. The van der Waals surface area contributed by atoms with E-state index in [-0.39, 0.29) is 28.6 Å². The van der Waals surface area contributed by atoms with Crippen LogP contribution in [0, 0.1) is 6.92 Å². The molecule has 0 aliphatic carbocycles. The van der Waals surface area contributed by atoms with Gasteiger partial charge in [-0.05, 0) is 6.92 Å². The maximum atomic E-state index is 10.6. The molecule has 0 aliphatic heterocycles. The van der Waals surface area contributed by atoms with Crippen molar-refractivity contribution in [2.24, 2.45) is 0 Å². The SMILES string of the molecule is COc1c(C)c(OC(=O)O)c(O)c(OC)c1OC. The van der Waals surface area contributed by atoms with E-state index in [1.54, 1.807) is 0 Å². The molecule has 100 valence electrons. The predicted molar refractivity (Wildman–Crippen MR) is 61.2 cm³/mol. The second-order valence-electron chi connectivity index (χ2n) is 3.27. The predicted octanol–water partition coefficient (Wildman–Crippen LogP) is 1.78. The van der Waals surface area contributed by atoms with Crippen LogP contribution in [0.1, 0.15) is 5.56 Å². The number of benzene rings is 1. The first kappa shape index (κ1) is 13.8. The molecule has 7 heteroatoms. The minimum atomic E-state index is -1.55. The molecule has 1 rings (SSSR count). The molecule has 0 saturated heterocycles. The van der Waals surface area contributed by atoms with Gasteiger partial charge in [-0.1, -0.05) is 0 Å². The topological polar surface area (TPSA) is 94.5 Å². The summed E-state index contributed by atoms with van der Waals surface area (Å²) in [5.41, 5.74) is 0.287. The van der Waals surface area contributed by atoms with Gasteiger partial charge >= 0.3 is 6.16 Å². The first-order valence-electron chi connectivity index (χ1n) is 4.90. The summed E-state index contributed by atoms with van der Waals surface area (Å²) >= 11 is 0. The van der Waals surface area contributed by atoms with E-state index in [4.69, 9.17) is 19.3 Å². The van der Waals surface area contributed by atoms with Crippen LogP contribution in [0.3, 0.4) is 0 Å². The van der Waals surface area contributed by atoms with Crippen LogP contribution in [-0.4, -0.2) is 37.7 Å². The molecule has 0 fully saturated rings. The van der Waals surface area contributed by atoms with Crippen LogP contribution in [0.25, 0.3) is 0 Å². The molecule has 0 atom stereocenters. The van der Waals surface area contributed by atoms with Gasteiger partial charge in [0.25, 0.3) is 0 Å². The first-order valence-corrected chi connectivity index (χ1v) is 4.90. The van der Waals surface area contributed by atoms with Crippen molar-refractivity contribution in [2.45, 2.75) is 6.92 Å². The Morgan fingerprint density at radius 1 is 0.944 bits per heavy atom. The fraction of sp³-hybridized carbons (Fsp3) is 0.364. The smallest absolute Gasteiger partial charge is 0.502 e. The van der Waals surface area contributed by atoms with Crippen LogP contribution < -0.4 is 18.9 Å². The summed E-state index contributed by atoms with van der Waals surface area (Å²) in [4.78, 5) is 10.6. The van der Waals surface area contributed by atoms with Crippen LogP contribution in [0.4, 0.5) is 4.79 Å². The van der Waals surface area contributed by atoms with Crippen LogP contribution in [-0.2, 0) is 0 Å². The minimum absolute atomic E-state index is 0.0591. The first-order chi connectivity index (χ1) is 8.47. The number of hydrogen-bond acceptors (Lipinski definition) is 6. The Morgan fingerprint density at radius 2 is 1.44 bits per heavy atom. The van der Waals surface area contributed by atoms with E-state index in [1.807, 2.05) is 0 Å². The summed E-state index contributed by atoms with van der Waals surface area (Å²) < 4.78 is 19.6. The van der Waals surface area contributed by atoms with Crippen LogP contribution in [0.15, 0.2) is 0 Å². The summed E-state index contributed by atoms with van der Waals surface area (Å²) in [6.07, 6.45) is -1.55. The molecule has 0 heterocycles. The zero-order valence-electron chi connectivity index (χ0n) is 10.4. The fourth-order valence-electron chi connectivity index (χ4n) is 1.60. The third-order valence-electron chi connectivity index (χ3n) is 2.33. The summed E-state index contributed by atoms with van der Waals surface area (Å²) in [5, 5.41) is 18.5. The lowest BCUT2D eigenvalue weighted by atomic mass is 10.1. The largest absolute Gasteiger partial charge is 0.511 e. The highest BCUT2D eigenvalue weighted by atomic mass is 16.7. The molecule has 0 unspecified atom stereocenters. The lowest BCUT2D eigenvalue weighted by Gasteiger charge is -2.18. The van der Waals surface area contributed by atoms with Crippen molar-refractivity contribution in [1.29, 1.82) is 0 Å². The van der Waals surface area contributed by atoms with E-state index >= 15 is 0 Å². The lowest BCUT2D eigenvalue weighted by Crippen LogP contribution is -2.07. The van der Waals surface area contributed by atoms with Crippen molar-refractivity contribution in [3.05, 3.63) is 5.56 Å². The van der Waals surface area contributed by atoms with Crippen molar-refractivity contribution < 1.29 is 34.0 Å². The number of methoxy groups -OCH3 is 3. The number of carbonyl (C=O) groups is 1. The van der Waals surface area contributed by atoms with Gasteiger partial charge in [0.2, 0.25) is 17.2 Å². The molecule has 1 aromatic carbocycles. The number of phenolic OH excluding ortho intramolecular Hbond substituents is 1. The molecule has 2 N–H and O–H groups in total. The monoisotopic (exact) mass is 258 g/mol. The van der Waals surface area contributed by atoms with Crippen molar-refractivity contribution in [3.63, 3.8) is 0 Å². The molecule has 0 spiro atoms. The molecule has 0 radical (unpaired) electrons. The molecule has 0 amide bonds. The third-order valence-corrected chi connectivity index (χ3v) is 2.33. The average molecular weight is 258 g/mol. The van der Waals surface area contributed by atoms with Crippen molar-refractivity contribution in [3.8, 4) is 28.7 Å². The Labute approximate surface area is 103 Å². The lowest BCUT2D eigenvalue weighted by molar-refractivity contribution is 0.142. The van der Waals surface area contributed by atoms with Crippen LogP contribution >= 0.6 is 0 Å². The highest BCUT2D eigenvalue weighted by Crippen LogP contribution is 2.52. The van der Waals surface area contributed by atoms with Gasteiger partial charge in [-0.2, -0.15) is 0 Å². The molecular weight excluding hydrogens is 244 g/mol. The quantitative estimate of drug-likeness (QED) is 0.627. The second-order valence-corrected chi connectivity index (χ2v) is 3.27. The van der Waals surface area contributed by atoms with Gasteiger partial charge in [-0.15, -0.1) is 0 Å². The zero-order chi connectivity index (χ0) is 13.9. The zero-order valence-corrected chi connectivity index (χ0v) is 10.4. The van der Waals surface area contributed by atoms with Gasteiger partial charge in [-0.3, -0.25) is 0 Å². The minimum Gasteiger partial charge on any atom is -0.502 e. The van der Waals surface area contributed by atoms with E-state index in [9.17, 15) is 9.90 Å². The van der Waals surface area contributed by atoms with Crippen molar-refractivity contribution in [1.82, 2.24) is 0 Å². The molecule has 1 aromatic rings. The number of aromatic hydroxyl groups is 1. The summed E-state index contributed by atoms with van der Waals surface area (Å²) in [6.45, 7) is 1.53. The van der Waals surface area contributed by atoms with E-state index in [0.717, 1.165) is 0 Å². The number of carboxylic acid groups (broad SMARTS) is 1. The number of ether oxygens (including phenoxy) is 4.